The van der Waals surface area contributed by atoms with Crippen LogP contribution in [0.3, 0.4) is 0 Å². The highest BCUT2D eigenvalue weighted by Gasteiger charge is 2.17. The van der Waals surface area contributed by atoms with Crippen LogP contribution in [-0.2, 0) is 4.79 Å². The maximum absolute atomic E-state index is 12.3. The molecule has 1 aromatic carbocycles. The quantitative estimate of drug-likeness (QED) is 0.712. The van der Waals surface area contributed by atoms with E-state index in [1.54, 1.807) is 43.4 Å². The molecule has 0 N–H and O–H groups in total. The van der Waals surface area contributed by atoms with Crippen LogP contribution in [0.15, 0.2) is 18.2 Å². The monoisotopic (exact) mass is 351 g/mol. The van der Waals surface area contributed by atoms with Crippen molar-refractivity contribution in [3.63, 3.8) is 0 Å². The molecule has 0 aliphatic heterocycles. The van der Waals surface area contributed by atoms with Crippen LogP contribution >= 0.6 is 11.6 Å². The first-order valence-electron chi connectivity index (χ1n) is 8.40. The van der Waals surface area contributed by atoms with E-state index in [0.717, 1.165) is 12.1 Å². The van der Waals surface area contributed by atoms with Crippen LogP contribution in [0, 0.1) is 5.92 Å². The average Bonchev–Trinajstić information content (AvgIpc) is 2.59. The molecular formula is C19H26ClNO3. The number of carbonyl (C=O) groups is 1. The molecule has 0 aromatic heterocycles. The number of benzene rings is 1. The van der Waals surface area contributed by atoms with Crippen molar-refractivity contribution < 1.29 is 14.3 Å². The van der Waals surface area contributed by atoms with E-state index in [2.05, 4.69) is 0 Å². The molecule has 0 unspecified atom stereocenters. The van der Waals surface area contributed by atoms with Crippen molar-refractivity contribution in [3.8, 4) is 11.5 Å². The highest BCUT2D eigenvalue weighted by molar-refractivity contribution is 6.32. The van der Waals surface area contributed by atoms with Crippen molar-refractivity contribution in [1.82, 2.24) is 4.90 Å². The number of hydrogen-bond acceptors (Lipinski definition) is 3. The molecule has 1 saturated carbocycles. The van der Waals surface area contributed by atoms with Crippen LogP contribution in [0.25, 0.3) is 6.08 Å². The Labute approximate surface area is 149 Å². The molecule has 1 aliphatic carbocycles. The van der Waals surface area contributed by atoms with Gasteiger partial charge in [0.1, 0.15) is 0 Å². The molecule has 5 heteroatoms. The zero-order chi connectivity index (χ0) is 17.5. The first-order chi connectivity index (χ1) is 11.5. The first kappa shape index (κ1) is 18.7. The molecular weight excluding hydrogens is 326 g/mol. The lowest BCUT2D eigenvalue weighted by molar-refractivity contribution is -0.125. The number of methoxy groups -OCH3 is 2. The predicted octanol–water partition coefficient (Wildman–Crippen LogP) is 4.41. The second kappa shape index (κ2) is 8.97. The van der Waals surface area contributed by atoms with Gasteiger partial charge in [-0.15, -0.1) is 0 Å². The van der Waals surface area contributed by atoms with E-state index >= 15 is 0 Å². The number of hydrogen-bond donors (Lipinski definition) is 0. The summed E-state index contributed by atoms with van der Waals surface area (Å²) in [5, 5.41) is 0.458. The van der Waals surface area contributed by atoms with E-state index in [-0.39, 0.29) is 5.91 Å². The fraction of sp³-hybridized carbons (Fsp3) is 0.526. The van der Waals surface area contributed by atoms with E-state index in [1.807, 2.05) is 7.05 Å². The summed E-state index contributed by atoms with van der Waals surface area (Å²) in [6.07, 6.45) is 9.70. The van der Waals surface area contributed by atoms with Crippen LogP contribution in [0.2, 0.25) is 5.02 Å². The van der Waals surface area contributed by atoms with Crippen LogP contribution in [0.4, 0.5) is 0 Å². The van der Waals surface area contributed by atoms with Gasteiger partial charge in [-0.2, -0.15) is 0 Å². The summed E-state index contributed by atoms with van der Waals surface area (Å²) in [4.78, 5) is 14.1. The molecule has 1 amide bonds. The van der Waals surface area contributed by atoms with Gasteiger partial charge in [-0.05, 0) is 42.5 Å². The predicted molar refractivity (Wildman–Crippen MR) is 97.8 cm³/mol. The molecule has 0 bridgehead atoms. The largest absolute Gasteiger partial charge is 0.493 e. The third-order valence-electron chi connectivity index (χ3n) is 4.51. The molecule has 0 saturated heterocycles. The summed E-state index contributed by atoms with van der Waals surface area (Å²) in [5.74, 6) is 1.69. The van der Waals surface area contributed by atoms with Gasteiger partial charge < -0.3 is 14.4 Å². The lowest BCUT2D eigenvalue weighted by Gasteiger charge is -2.26. The Bertz CT molecular complexity index is 595. The second-order valence-electron chi connectivity index (χ2n) is 6.29. The highest BCUT2D eigenvalue weighted by atomic mass is 35.5. The van der Waals surface area contributed by atoms with E-state index in [1.165, 1.54) is 32.1 Å². The van der Waals surface area contributed by atoms with Gasteiger partial charge in [0.2, 0.25) is 5.91 Å². The first-order valence-corrected chi connectivity index (χ1v) is 8.77. The third-order valence-corrected chi connectivity index (χ3v) is 4.79. The Morgan fingerprint density at radius 2 is 1.96 bits per heavy atom. The topological polar surface area (TPSA) is 38.8 Å². The molecule has 0 spiro atoms. The Kier molecular flexibility index (Phi) is 6.98. The molecule has 1 aromatic rings. The molecule has 1 fully saturated rings. The molecule has 2 rings (SSSR count). The minimum atomic E-state index is 0.00600. The zero-order valence-corrected chi connectivity index (χ0v) is 15.4. The van der Waals surface area contributed by atoms with Gasteiger partial charge in [0.15, 0.2) is 11.5 Å². The number of likely N-dealkylation sites (N-methyl/N-ethyl adjacent to an activating group) is 1. The maximum atomic E-state index is 12.3. The Morgan fingerprint density at radius 1 is 1.25 bits per heavy atom. The summed E-state index contributed by atoms with van der Waals surface area (Å²) in [6, 6.07) is 3.56. The third kappa shape index (κ3) is 4.91. The normalized spacial score (nSPS) is 15.5. The number of halogens is 1. The van der Waals surface area contributed by atoms with Crippen LogP contribution in [0.1, 0.15) is 37.7 Å². The van der Waals surface area contributed by atoms with E-state index < -0.39 is 0 Å². The Hall–Kier alpha value is -1.68. The lowest BCUT2D eigenvalue weighted by Crippen LogP contribution is -2.31. The molecule has 0 radical (unpaired) electrons. The minimum Gasteiger partial charge on any atom is -0.493 e. The summed E-state index contributed by atoms with van der Waals surface area (Å²) in [5.41, 5.74) is 0.803. The Morgan fingerprint density at radius 3 is 2.58 bits per heavy atom. The number of amides is 1. The van der Waals surface area contributed by atoms with Gasteiger partial charge in [-0.25, -0.2) is 0 Å². The van der Waals surface area contributed by atoms with Gasteiger partial charge in [-0.1, -0.05) is 30.9 Å². The number of rotatable bonds is 6. The number of carbonyl (C=O) groups excluding carboxylic acids is 1. The van der Waals surface area contributed by atoms with Crippen molar-refractivity contribution >= 4 is 23.6 Å². The van der Waals surface area contributed by atoms with Crippen LogP contribution in [0.5, 0.6) is 11.5 Å². The summed E-state index contributed by atoms with van der Waals surface area (Å²) < 4.78 is 10.5. The summed E-state index contributed by atoms with van der Waals surface area (Å²) in [7, 11) is 4.97. The molecule has 24 heavy (non-hydrogen) atoms. The second-order valence-corrected chi connectivity index (χ2v) is 6.70. The fourth-order valence-electron chi connectivity index (χ4n) is 3.18. The number of ether oxygens (including phenoxy) is 2. The van der Waals surface area contributed by atoms with Gasteiger partial charge in [0.05, 0.1) is 19.2 Å². The molecule has 0 heterocycles. The Balaban J connectivity index is 2.01. The molecule has 132 valence electrons. The summed E-state index contributed by atoms with van der Waals surface area (Å²) >= 11 is 6.19. The van der Waals surface area contributed by atoms with Crippen molar-refractivity contribution in [2.45, 2.75) is 32.1 Å². The van der Waals surface area contributed by atoms with Gasteiger partial charge in [-0.3, -0.25) is 4.79 Å². The van der Waals surface area contributed by atoms with Crippen LogP contribution in [-0.4, -0.2) is 38.6 Å². The molecule has 1 aliphatic rings. The minimum absolute atomic E-state index is 0.00600. The maximum Gasteiger partial charge on any atom is 0.246 e. The van der Waals surface area contributed by atoms with Crippen molar-refractivity contribution in [3.05, 3.63) is 28.8 Å². The van der Waals surface area contributed by atoms with Gasteiger partial charge >= 0.3 is 0 Å². The average molecular weight is 352 g/mol. The van der Waals surface area contributed by atoms with E-state index in [0.29, 0.717) is 22.4 Å². The number of nitrogens with zero attached hydrogens (tertiary/aromatic N) is 1. The smallest absolute Gasteiger partial charge is 0.246 e. The van der Waals surface area contributed by atoms with Crippen molar-refractivity contribution in [1.29, 1.82) is 0 Å². The zero-order valence-electron chi connectivity index (χ0n) is 14.7. The van der Waals surface area contributed by atoms with E-state index in [4.69, 9.17) is 21.1 Å². The molecule has 4 nitrogen and oxygen atoms in total. The SMILES string of the molecule is COc1cc(/C=C/C(=O)N(C)CC2CCCCC2)cc(Cl)c1OC. The highest BCUT2D eigenvalue weighted by Crippen LogP contribution is 2.36. The van der Waals surface area contributed by atoms with Crippen molar-refractivity contribution in [2.24, 2.45) is 5.92 Å². The van der Waals surface area contributed by atoms with E-state index in [9.17, 15) is 4.79 Å². The summed E-state index contributed by atoms with van der Waals surface area (Å²) in [6.45, 7) is 0.829. The van der Waals surface area contributed by atoms with Crippen molar-refractivity contribution in [2.75, 3.05) is 27.8 Å². The lowest BCUT2D eigenvalue weighted by atomic mass is 9.89. The molecule has 0 atom stereocenters. The fourth-order valence-corrected chi connectivity index (χ4v) is 3.47. The van der Waals surface area contributed by atoms with Crippen LogP contribution < -0.4 is 9.47 Å². The van der Waals surface area contributed by atoms with Gasteiger partial charge in [0, 0.05) is 19.7 Å². The standard InChI is InChI=1S/C19H26ClNO3/c1-21(13-14-7-5-4-6-8-14)18(22)10-9-15-11-16(20)19(24-3)17(12-15)23-2/h9-12,14H,4-8,13H2,1-3H3/b10-9+. The van der Waals surface area contributed by atoms with Gasteiger partial charge in [0.25, 0.3) is 0 Å².